The summed E-state index contributed by atoms with van der Waals surface area (Å²) in [6, 6.07) is 9.79. The van der Waals surface area contributed by atoms with Gasteiger partial charge in [0.25, 0.3) is 5.91 Å². The second-order valence-corrected chi connectivity index (χ2v) is 5.47. The Morgan fingerprint density at radius 2 is 2.10 bits per heavy atom. The van der Waals surface area contributed by atoms with Crippen LogP contribution in [0.15, 0.2) is 40.9 Å². The van der Waals surface area contributed by atoms with Crippen LogP contribution in [0, 0.1) is 12.7 Å². The molecule has 5 heteroatoms. The molecule has 0 atom stereocenters. The van der Waals surface area contributed by atoms with E-state index in [1.54, 1.807) is 20.1 Å². The molecule has 0 bridgehead atoms. The van der Waals surface area contributed by atoms with Crippen molar-refractivity contribution in [2.75, 3.05) is 12.4 Å². The standard InChI is InChI=1S/C16H15BrFNO2/c1-10-8-11(6-7-14(10)18)16(20)19-15-5-3-4-13(17)12(15)9-21-2/h3-8H,9H2,1-2H3,(H,19,20). The maximum Gasteiger partial charge on any atom is 0.255 e. The van der Waals surface area contributed by atoms with Crippen molar-refractivity contribution >= 4 is 27.5 Å². The van der Waals surface area contributed by atoms with E-state index in [1.165, 1.54) is 18.2 Å². The molecule has 0 aliphatic carbocycles. The fourth-order valence-corrected chi connectivity index (χ4v) is 2.43. The Bertz CT molecular complexity index is 673. The molecule has 0 saturated heterocycles. The summed E-state index contributed by atoms with van der Waals surface area (Å²) in [4.78, 5) is 12.3. The summed E-state index contributed by atoms with van der Waals surface area (Å²) in [6.07, 6.45) is 0. The molecule has 3 nitrogen and oxygen atoms in total. The lowest BCUT2D eigenvalue weighted by molar-refractivity contribution is 0.102. The van der Waals surface area contributed by atoms with Gasteiger partial charge in [0.1, 0.15) is 5.82 Å². The Kier molecular flexibility index (Phi) is 5.09. The number of halogens is 2. The maximum absolute atomic E-state index is 13.3. The van der Waals surface area contributed by atoms with Crippen molar-refractivity contribution in [3.63, 3.8) is 0 Å². The Hall–Kier alpha value is -1.72. The van der Waals surface area contributed by atoms with Crippen molar-refractivity contribution in [3.8, 4) is 0 Å². The minimum atomic E-state index is -0.325. The fourth-order valence-electron chi connectivity index (χ4n) is 1.95. The summed E-state index contributed by atoms with van der Waals surface area (Å²) in [5, 5.41) is 2.83. The lowest BCUT2D eigenvalue weighted by atomic mass is 10.1. The zero-order valence-electron chi connectivity index (χ0n) is 11.7. The van der Waals surface area contributed by atoms with Gasteiger partial charge in [-0.1, -0.05) is 22.0 Å². The number of anilines is 1. The minimum absolute atomic E-state index is 0.284. The van der Waals surface area contributed by atoms with E-state index in [2.05, 4.69) is 21.2 Å². The number of carbonyl (C=O) groups excluding carboxylic acids is 1. The molecule has 2 aromatic rings. The smallest absolute Gasteiger partial charge is 0.255 e. The van der Waals surface area contributed by atoms with Gasteiger partial charge in [0.2, 0.25) is 0 Å². The van der Waals surface area contributed by atoms with E-state index in [0.29, 0.717) is 23.4 Å². The summed E-state index contributed by atoms with van der Waals surface area (Å²) in [5.41, 5.74) is 2.37. The van der Waals surface area contributed by atoms with Gasteiger partial charge < -0.3 is 10.1 Å². The highest BCUT2D eigenvalue weighted by molar-refractivity contribution is 9.10. The zero-order valence-corrected chi connectivity index (χ0v) is 13.3. The van der Waals surface area contributed by atoms with Crippen LogP contribution >= 0.6 is 15.9 Å². The van der Waals surface area contributed by atoms with E-state index in [1.807, 2.05) is 12.1 Å². The van der Waals surface area contributed by atoms with Crippen LogP contribution in [0.2, 0.25) is 0 Å². The molecular weight excluding hydrogens is 337 g/mol. The Labute approximate surface area is 131 Å². The van der Waals surface area contributed by atoms with Gasteiger partial charge in [0.05, 0.1) is 6.61 Å². The molecule has 2 aromatic carbocycles. The molecule has 1 amide bonds. The van der Waals surface area contributed by atoms with Crippen LogP contribution in [-0.4, -0.2) is 13.0 Å². The number of carbonyl (C=O) groups is 1. The Morgan fingerprint density at radius 3 is 2.76 bits per heavy atom. The topological polar surface area (TPSA) is 38.3 Å². The Morgan fingerprint density at radius 1 is 1.33 bits per heavy atom. The van der Waals surface area contributed by atoms with E-state index in [-0.39, 0.29) is 11.7 Å². The van der Waals surface area contributed by atoms with Gasteiger partial charge in [-0.3, -0.25) is 4.79 Å². The summed E-state index contributed by atoms with van der Waals surface area (Å²) in [5.74, 6) is -0.609. The van der Waals surface area contributed by atoms with Gasteiger partial charge in [-0.25, -0.2) is 4.39 Å². The number of benzene rings is 2. The largest absolute Gasteiger partial charge is 0.380 e. The van der Waals surface area contributed by atoms with Crippen LogP contribution in [-0.2, 0) is 11.3 Å². The maximum atomic E-state index is 13.3. The monoisotopic (exact) mass is 351 g/mol. The van der Waals surface area contributed by atoms with E-state index in [9.17, 15) is 9.18 Å². The molecule has 0 heterocycles. The summed E-state index contributed by atoms with van der Waals surface area (Å²) in [7, 11) is 1.59. The molecule has 110 valence electrons. The minimum Gasteiger partial charge on any atom is -0.380 e. The molecular formula is C16H15BrFNO2. The molecule has 21 heavy (non-hydrogen) atoms. The molecule has 0 saturated carbocycles. The van der Waals surface area contributed by atoms with E-state index >= 15 is 0 Å². The first-order valence-corrected chi connectivity index (χ1v) is 7.16. The van der Waals surface area contributed by atoms with Crippen LogP contribution in [0.25, 0.3) is 0 Å². The van der Waals surface area contributed by atoms with Crippen LogP contribution in [0.4, 0.5) is 10.1 Å². The lowest BCUT2D eigenvalue weighted by Crippen LogP contribution is -2.14. The highest BCUT2D eigenvalue weighted by atomic mass is 79.9. The first-order chi connectivity index (χ1) is 10.0. The normalized spacial score (nSPS) is 10.5. The van der Waals surface area contributed by atoms with Crippen LogP contribution in [0.3, 0.4) is 0 Å². The fraction of sp³-hybridized carbons (Fsp3) is 0.188. The summed E-state index contributed by atoms with van der Waals surface area (Å²) in [6.45, 7) is 2.00. The van der Waals surface area contributed by atoms with Gasteiger partial charge in [-0.15, -0.1) is 0 Å². The highest BCUT2D eigenvalue weighted by Gasteiger charge is 2.12. The molecule has 0 aliphatic heterocycles. The van der Waals surface area contributed by atoms with Gasteiger partial charge >= 0.3 is 0 Å². The van der Waals surface area contributed by atoms with Crippen LogP contribution in [0.5, 0.6) is 0 Å². The summed E-state index contributed by atoms with van der Waals surface area (Å²) < 4.78 is 19.3. The van der Waals surface area contributed by atoms with Gasteiger partial charge in [-0.2, -0.15) is 0 Å². The molecule has 2 rings (SSSR count). The first-order valence-electron chi connectivity index (χ1n) is 6.36. The Balaban J connectivity index is 2.27. The van der Waals surface area contributed by atoms with Crippen molar-refractivity contribution in [2.45, 2.75) is 13.5 Å². The number of hydrogen-bond acceptors (Lipinski definition) is 2. The van der Waals surface area contributed by atoms with E-state index in [4.69, 9.17) is 4.74 Å². The second-order valence-electron chi connectivity index (χ2n) is 4.62. The summed E-state index contributed by atoms with van der Waals surface area (Å²) >= 11 is 3.43. The van der Waals surface area contributed by atoms with Gasteiger partial charge in [-0.05, 0) is 42.8 Å². The first kappa shape index (κ1) is 15.7. The molecule has 0 unspecified atom stereocenters. The lowest BCUT2D eigenvalue weighted by Gasteiger charge is -2.12. The van der Waals surface area contributed by atoms with Gasteiger partial charge in [0.15, 0.2) is 0 Å². The van der Waals surface area contributed by atoms with Crippen molar-refractivity contribution in [1.29, 1.82) is 0 Å². The number of methoxy groups -OCH3 is 1. The number of aryl methyl sites for hydroxylation is 1. The average molecular weight is 352 g/mol. The number of amides is 1. The zero-order chi connectivity index (χ0) is 15.4. The SMILES string of the molecule is COCc1c(Br)cccc1NC(=O)c1ccc(F)c(C)c1. The third kappa shape index (κ3) is 3.68. The number of hydrogen-bond donors (Lipinski definition) is 1. The van der Waals surface area contributed by atoms with Crippen molar-refractivity contribution in [3.05, 3.63) is 63.4 Å². The predicted molar refractivity (Wildman–Crippen MR) is 83.9 cm³/mol. The van der Waals surface area contributed by atoms with Crippen LogP contribution in [0.1, 0.15) is 21.5 Å². The van der Waals surface area contributed by atoms with Crippen molar-refractivity contribution in [1.82, 2.24) is 0 Å². The average Bonchev–Trinajstić information content (AvgIpc) is 2.45. The van der Waals surface area contributed by atoms with E-state index in [0.717, 1.165) is 10.0 Å². The van der Waals surface area contributed by atoms with E-state index < -0.39 is 0 Å². The second kappa shape index (κ2) is 6.83. The van der Waals surface area contributed by atoms with Crippen LogP contribution < -0.4 is 5.32 Å². The molecule has 0 radical (unpaired) electrons. The van der Waals surface area contributed by atoms with Gasteiger partial charge in [0, 0.05) is 28.4 Å². The molecule has 0 spiro atoms. The quantitative estimate of drug-likeness (QED) is 0.891. The predicted octanol–water partition coefficient (Wildman–Crippen LogP) is 4.30. The number of rotatable bonds is 4. The highest BCUT2D eigenvalue weighted by Crippen LogP contribution is 2.26. The molecule has 0 fully saturated rings. The molecule has 0 aromatic heterocycles. The number of nitrogens with one attached hydrogen (secondary N) is 1. The third-order valence-corrected chi connectivity index (χ3v) is 3.82. The van der Waals surface area contributed by atoms with Crippen molar-refractivity contribution in [2.24, 2.45) is 0 Å². The third-order valence-electron chi connectivity index (χ3n) is 3.08. The number of ether oxygens (including phenoxy) is 1. The molecule has 1 N–H and O–H groups in total. The van der Waals surface area contributed by atoms with Crippen molar-refractivity contribution < 1.29 is 13.9 Å². The molecule has 0 aliphatic rings.